The van der Waals surface area contributed by atoms with Crippen LogP contribution in [0.1, 0.15) is 25.0 Å². The van der Waals surface area contributed by atoms with Gasteiger partial charge >= 0.3 is 0 Å². The van der Waals surface area contributed by atoms with E-state index in [1.165, 1.54) is 12.8 Å². The van der Waals surface area contributed by atoms with Crippen LogP contribution >= 0.6 is 0 Å². The Morgan fingerprint density at radius 2 is 2.31 bits per heavy atom. The van der Waals surface area contributed by atoms with Crippen LogP contribution in [0.2, 0.25) is 0 Å². The number of fused-ring (bicyclic) bond motifs is 1. The highest BCUT2D eigenvalue weighted by Crippen LogP contribution is 2.32. The molecular formula is C13H16N2O. The van der Waals surface area contributed by atoms with E-state index in [0.29, 0.717) is 0 Å². The van der Waals surface area contributed by atoms with Crippen molar-refractivity contribution in [1.29, 1.82) is 0 Å². The Balaban J connectivity index is 1.97. The fourth-order valence-electron chi connectivity index (χ4n) is 2.21. The summed E-state index contributed by atoms with van der Waals surface area (Å²) in [5.74, 6) is 0.868. The normalized spacial score (nSPS) is 15.8. The van der Waals surface area contributed by atoms with Crippen LogP contribution in [0.25, 0.3) is 10.9 Å². The number of nitrogens with zero attached hydrogens (tertiary/aromatic N) is 1. The standard InChI is InChI=1S/C13H16N2O/c1-9-8-11-5-7-15(6-4-10-2-3-10)13(16)12(11)14-9/h5,7-8,10,14H,2-4,6H2,1H3. The van der Waals surface area contributed by atoms with E-state index in [0.717, 1.165) is 35.5 Å². The van der Waals surface area contributed by atoms with Crippen molar-refractivity contribution < 1.29 is 0 Å². The molecule has 2 aromatic heterocycles. The van der Waals surface area contributed by atoms with E-state index in [4.69, 9.17) is 0 Å². The fourth-order valence-corrected chi connectivity index (χ4v) is 2.21. The molecule has 1 N–H and O–H groups in total. The maximum Gasteiger partial charge on any atom is 0.274 e. The van der Waals surface area contributed by atoms with Crippen LogP contribution in [0.5, 0.6) is 0 Å². The van der Waals surface area contributed by atoms with E-state index in [2.05, 4.69) is 4.98 Å². The molecule has 0 aromatic carbocycles. The maximum atomic E-state index is 12.1. The number of aromatic amines is 1. The number of nitrogens with one attached hydrogen (secondary N) is 1. The van der Waals surface area contributed by atoms with Crippen molar-refractivity contribution in [1.82, 2.24) is 9.55 Å². The van der Waals surface area contributed by atoms with E-state index in [9.17, 15) is 4.79 Å². The van der Waals surface area contributed by atoms with Crippen LogP contribution in [0, 0.1) is 12.8 Å². The third-order valence-corrected chi connectivity index (χ3v) is 3.37. The highest BCUT2D eigenvalue weighted by Gasteiger charge is 2.20. The monoisotopic (exact) mass is 216 g/mol. The number of hydrogen-bond acceptors (Lipinski definition) is 1. The summed E-state index contributed by atoms with van der Waals surface area (Å²) in [6.45, 7) is 2.84. The van der Waals surface area contributed by atoms with Crippen LogP contribution in [0.4, 0.5) is 0 Å². The molecule has 0 atom stereocenters. The van der Waals surface area contributed by atoms with Gasteiger partial charge in [0.15, 0.2) is 0 Å². The Hall–Kier alpha value is -1.51. The van der Waals surface area contributed by atoms with Gasteiger partial charge in [0.2, 0.25) is 0 Å². The molecule has 2 aromatic rings. The Morgan fingerprint density at radius 1 is 1.50 bits per heavy atom. The molecule has 0 unspecified atom stereocenters. The SMILES string of the molecule is Cc1cc2ccn(CCC3CC3)c(=O)c2[nH]1. The molecule has 0 radical (unpaired) electrons. The third kappa shape index (κ3) is 1.66. The van der Waals surface area contributed by atoms with E-state index < -0.39 is 0 Å². The summed E-state index contributed by atoms with van der Waals surface area (Å²) >= 11 is 0. The number of rotatable bonds is 3. The highest BCUT2D eigenvalue weighted by molar-refractivity contribution is 5.79. The van der Waals surface area contributed by atoms with Gasteiger partial charge in [-0.05, 0) is 31.4 Å². The zero-order valence-electron chi connectivity index (χ0n) is 9.49. The second-order valence-corrected chi connectivity index (χ2v) is 4.83. The van der Waals surface area contributed by atoms with Gasteiger partial charge in [0.05, 0.1) is 0 Å². The first-order chi connectivity index (χ1) is 7.74. The van der Waals surface area contributed by atoms with Crippen molar-refractivity contribution in [2.24, 2.45) is 5.92 Å². The van der Waals surface area contributed by atoms with Gasteiger partial charge in [-0.2, -0.15) is 0 Å². The van der Waals surface area contributed by atoms with Crippen LogP contribution in [-0.2, 0) is 6.54 Å². The molecule has 16 heavy (non-hydrogen) atoms. The van der Waals surface area contributed by atoms with E-state index in [-0.39, 0.29) is 5.56 Å². The second-order valence-electron chi connectivity index (χ2n) is 4.83. The minimum absolute atomic E-state index is 0.117. The Labute approximate surface area is 94.1 Å². The van der Waals surface area contributed by atoms with Crippen LogP contribution in [-0.4, -0.2) is 9.55 Å². The van der Waals surface area contributed by atoms with Crippen molar-refractivity contribution in [3.63, 3.8) is 0 Å². The van der Waals surface area contributed by atoms with Crippen LogP contribution in [0.3, 0.4) is 0 Å². The Bertz CT molecular complexity index is 575. The Morgan fingerprint density at radius 3 is 3.06 bits per heavy atom. The number of aryl methyl sites for hydroxylation is 2. The minimum Gasteiger partial charge on any atom is -0.354 e. The molecule has 1 saturated carbocycles. The molecule has 3 nitrogen and oxygen atoms in total. The van der Waals surface area contributed by atoms with Gasteiger partial charge in [0.25, 0.3) is 5.56 Å². The summed E-state index contributed by atoms with van der Waals surface area (Å²) in [6, 6.07) is 4.04. The molecule has 2 heterocycles. The fraction of sp³-hybridized carbons (Fsp3) is 0.462. The minimum atomic E-state index is 0.117. The van der Waals surface area contributed by atoms with Crippen molar-refractivity contribution >= 4 is 10.9 Å². The van der Waals surface area contributed by atoms with Gasteiger partial charge in [-0.3, -0.25) is 4.79 Å². The van der Waals surface area contributed by atoms with E-state index in [1.54, 1.807) is 0 Å². The largest absolute Gasteiger partial charge is 0.354 e. The van der Waals surface area contributed by atoms with Crippen molar-refractivity contribution in [3.8, 4) is 0 Å². The lowest BCUT2D eigenvalue weighted by atomic mass is 10.2. The summed E-state index contributed by atoms with van der Waals surface area (Å²) in [5, 5.41) is 1.02. The third-order valence-electron chi connectivity index (χ3n) is 3.37. The first-order valence-electron chi connectivity index (χ1n) is 5.93. The van der Waals surface area contributed by atoms with Crippen LogP contribution in [0.15, 0.2) is 23.1 Å². The molecule has 1 aliphatic rings. The number of pyridine rings is 1. The molecule has 0 bridgehead atoms. The molecule has 0 spiro atoms. The summed E-state index contributed by atoms with van der Waals surface area (Å²) in [6.07, 6.45) is 5.75. The average Bonchev–Trinajstić information content (AvgIpc) is 2.99. The quantitative estimate of drug-likeness (QED) is 0.840. The van der Waals surface area contributed by atoms with Gasteiger partial charge < -0.3 is 9.55 Å². The van der Waals surface area contributed by atoms with Gasteiger partial charge in [0.1, 0.15) is 5.52 Å². The zero-order valence-corrected chi connectivity index (χ0v) is 9.49. The maximum absolute atomic E-state index is 12.1. The predicted molar refractivity (Wildman–Crippen MR) is 64.6 cm³/mol. The van der Waals surface area contributed by atoms with Crippen molar-refractivity contribution in [2.75, 3.05) is 0 Å². The molecule has 84 valence electrons. The lowest BCUT2D eigenvalue weighted by Crippen LogP contribution is -2.19. The Kier molecular flexibility index (Phi) is 2.13. The molecule has 1 fully saturated rings. The molecule has 1 aliphatic carbocycles. The zero-order chi connectivity index (χ0) is 11.1. The number of hydrogen-bond donors (Lipinski definition) is 1. The average molecular weight is 216 g/mol. The molecular weight excluding hydrogens is 200 g/mol. The molecule has 0 saturated heterocycles. The van der Waals surface area contributed by atoms with Crippen molar-refractivity contribution in [2.45, 2.75) is 32.7 Å². The lowest BCUT2D eigenvalue weighted by molar-refractivity contribution is 0.584. The molecule has 0 amide bonds. The van der Waals surface area contributed by atoms with E-state index in [1.807, 2.05) is 29.8 Å². The summed E-state index contributed by atoms with van der Waals surface area (Å²) in [4.78, 5) is 15.2. The first kappa shape index (κ1) is 9.70. The number of aromatic nitrogens is 2. The van der Waals surface area contributed by atoms with Gasteiger partial charge in [-0.1, -0.05) is 12.8 Å². The number of H-pyrrole nitrogens is 1. The molecule has 3 heteroatoms. The van der Waals surface area contributed by atoms with Gasteiger partial charge in [-0.15, -0.1) is 0 Å². The second kappa shape index (κ2) is 3.51. The van der Waals surface area contributed by atoms with Crippen LogP contribution < -0.4 is 5.56 Å². The summed E-state index contributed by atoms with van der Waals surface area (Å²) < 4.78 is 1.83. The summed E-state index contributed by atoms with van der Waals surface area (Å²) in [5.41, 5.74) is 1.91. The smallest absolute Gasteiger partial charge is 0.274 e. The lowest BCUT2D eigenvalue weighted by Gasteiger charge is -2.04. The molecule has 3 rings (SSSR count). The van der Waals surface area contributed by atoms with Gasteiger partial charge in [-0.25, -0.2) is 0 Å². The predicted octanol–water partition coefficient (Wildman–Crippen LogP) is 2.44. The first-order valence-corrected chi connectivity index (χ1v) is 5.93. The van der Waals surface area contributed by atoms with Crippen molar-refractivity contribution in [3.05, 3.63) is 34.4 Å². The van der Waals surface area contributed by atoms with Gasteiger partial charge in [0, 0.05) is 23.8 Å². The van der Waals surface area contributed by atoms with E-state index >= 15 is 0 Å². The highest BCUT2D eigenvalue weighted by atomic mass is 16.1. The topological polar surface area (TPSA) is 37.8 Å². The molecule has 0 aliphatic heterocycles. The summed E-state index contributed by atoms with van der Waals surface area (Å²) in [7, 11) is 0.